The lowest BCUT2D eigenvalue weighted by Gasteiger charge is -2.39. The number of hydrogen-bond donors (Lipinski definition) is 1. The van der Waals surface area contributed by atoms with E-state index in [4.69, 9.17) is 4.42 Å². The molecule has 1 saturated heterocycles. The Labute approximate surface area is 190 Å². The van der Waals surface area contributed by atoms with E-state index >= 15 is 0 Å². The topological polar surface area (TPSA) is 109 Å². The largest absolute Gasteiger partial charge is 0.468 e. The van der Waals surface area contributed by atoms with Gasteiger partial charge in [0, 0.05) is 50.5 Å². The second kappa shape index (κ2) is 9.69. The molecule has 3 aromatic rings. The van der Waals surface area contributed by atoms with Gasteiger partial charge in [-0.25, -0.2) is 17.5 Å². The highest BCUT2D eigenvalue weighted by molar-refractivity contribution is 7.89. The van der Waals surface area contributed by atoms with Gasteiger partial charge in [-0.05, 0) is 48.5 Å². The van der Waals surface area contributed by atoms with Gasteiger partial charge in [-0.2, -0.15) is 0 Å². The number of sulfonamides is 1. The van der Waals surface area contributed by atoms with Crippen LogP contribution in [0.5, 0.6) is 0 Å². The van der Waals surface area contributed by atoms with Crippen LogP contribution in [0.2, 0.25) is 0 Å². The summed E-state index contributed by atoms with van der Waals surface area (Å²) in [7, 11) is -3.87. The molecule has 0 amide bonds. The van der Waals surface area contributed by atoms with Crippen molar-refractivity contribution in [2.75, 3.05) is 37.6 Å². The Hall–Kier alpha value is -3.28. The molecule has 1 aliphatic rings. The summed E-state index contributed by atoms with van der Waals surface area (Å²) in [5.74, 6) is 0.354. The molecule has 9 nitrogen and oxygen atoms in total. The molecule has 174 valence electrons. The summed E-state index contributed by atoms with van der Waals surface area (Å²) in [5.41, 5.74) is 0.755. The molecule has 1 aliphatic heterocycles. The molecule has 1 atom stereocenters. The van der Waals surface area contributed by atoms with Crippen LogP contribution in [0.25, 0.3) is 0 Å². The molecule has 0 radical (unpaired) electrons. The Morgan fingerprint density at radius 1 is 1.03 bits per heavy atom. The first-order chi connectivity index (χ1) is 15.8. The van der Waals surface area contributed by atoms with E-state index in [9.17, 15) is 22.9 Å². The van der Waals surface area contributed by atoms with Crippen molar-refractivity contribution in [1.82, 2.24) is 9.62 Å². The Bertz CT molecular complexity index is 1180. The number of anilines is 1. The third kappa shape index (κ3) is 5.38. The van der Waals surface area contributed by atoms with Crippen LogP contribution < -0.4 is 9.62 Å². The molecule has 33 heavy (non-hydrogen) atoms. The van der Waals surface area contributed by atoms with Gasteiger partial charge < -0.3 is 9.32 Å². The summed E-state index contributed by atoms with van der Waals surface area (Å²) in [4.78, 5) is 14.5. The zero-order valence-electron chi connectivity index (χ0n) is 17.6. The predicted molar refractivity (Wildman–Crippen MR) is 120 cm³/mol. The van der Waals surface area contributed by atoms with Gasteiger partial charge >= 0.3 is 0 Å². The smallest absolute Gasteiger partial charge is 0.269 e. The Morgan fingerprint density at radius 2 is 1.70 bits per heavy atom. The zero-order chi connectivity index (χ0) is 23.4. The fraction of sp³-hybridized carbons (Fsp3) is 0.273. The van der Waals surface area contributed by atoms with Gasteiger partial charge in [0.05, 0.1) is 22.1 Å². The number of nitro benzene ring substituents is 1. The maximum absolute atomic E-state index is 13.2. The van der Waals surface area contributed by atoms with Crippen LogP contribution in [0.1, 0.15) is 11.8 Å². The van der Waals surface area contributed by atoms with E-state index in [2.05, 4.69) is 14.5 Å². The van der Waals surface area contributed by atoms with Crippen molar-refractivity contribution in [2.45, 2.75) is 10.9 Å². The number of non-ortho nitro benzene ring substituents is 1. The fourth-order valence-electron chi connectivity index (χ4n) is 3.85. The number of nitro groups is 1. The molecule has 11 heteroatoms. The SMILES string of the molecule is O=[N+]([O-])c1ccc(S(=O)(=O)NCC(c2ccco2)N2CCN(c3ccc(F)cc3)CC2)cc1. The van der Waals surface area contributed by atoms with Crippen LogP contribution in [0.3, 0.4) is 0 Å². The maximum Gasteiger partial charge on any atom is 0.269 e. The van der Waals surface area contributed by atoms with Crippen molar-refractivity contribution in [3.05, 3.63) is 88.6 Å². The van der Waals surface area contributed by atoms with Gasteiger partial charge in [-0.15, -0.1) is 0 Å². The fourth-order valence-corrected chi connectivity index (χ4v) is 4.89. The normalized spacial score (nSPS) is 16.0. The Balaban J connectivity index is 1.44. The molecular formula is C22H23FN4O5S. The molecule has 1 fully saturated rings. The number of hydrogen-bond acceptors (Lipinski definition) is 7. The number of rotatable bonds is 8. The molecule has 1 unspecified atom stereocenters. The summed E-state index contributed by atoms with van der Waals surface area (Å²) >= 11 is 0. The second-order valence-electron chi connectivity index (χ2n) is 7.63. The summed E-state index contributed by atoms with van der Waals surface area (Å²) < 4.78 is 46.9. The second-order valence-corrected chi connectivity index (χ2v) is 9.40. The average Bonchev–Trinajstić information content (AvgIpc) is 3.35. The Morgan fingerprint density at radius 3 is 2.27 bits per heavy atom. The average molecular weight is 475 g/mol. The molecule has 2 aromatic carbocycles. The van der Waals surface area contributed by atoms with Gasteiger partial charge in [0.2, 0.25) is 10.0 Å². The van der Waals surface area contributed by atoms with E-state index < -0.39 is 14.9 Å². The first kappa shape index (κ1) is 22.9. The molecule has 1 aromatic heterocycles. The highest BCUT2D eigenvalue weighted by Gasteiger charge is 2.29. The van der Waals surface area contributed by atoms with Gasteiger partial charge in [0.15, 0.2) is 0 Å². The van der Waals surface area contributed by atoms with Crippen LogP contribution in [-0.2, 0) is 10.0 Å². The van der Waals surface area contributed by atoms with Crippen molar-refractivity contribution in [3.63, 3.8) is 0 Å². The number of piperazine rings is 1. The van der Waals surface area contributed by atoms with Crippen molar-refractivity contribution in [2.24, 2.45) is 0 Å². The van der Waals surface area contributed by atoms with Crippen molar-refractivity contribution in [1.29, 1.82) is 0 Å². The van der Waals surface area contributed by atoms with E-state index in [1.165, 1.54) is 24.3 Å². The minimum Gasteiger partial charge on any atom is -0.468 e. The zero-order valence-corrected chi connectivity index (χ0v) is 18.4. The monoisotopic (exact) mass is 474 g/mol. The minimum atomic E-state index is -3.87. The summed E-state index contributed by atoms with van der Waals surface area (Å²) in [6, 6.07) is 14.3. The van der Waals surface area contributed by atoms with Crippen LogP contribution in [0.15, 0.2) is 76.2 Å². The van der Waals surface area contributed by atoms with Gasteiger partial charge in [-0.1, -0.05) is 0 Å². The van der Waals surface area contributed by atoms with E-state index in [1.54, 1.807) is 30.5 Å². The number of furan rings is 1. The molecular weight excluding hydrogens is 451 g/mol. The van der Waals surface area contributed by atoms with Crippen molar-refractivity contribution < 1.29 is 22.1 Å². The van der Waals surface area contributed by atoms with Crippen molar-refractivity contribution in [3.8, 4) is 0 Å². The molecule has 0 aliphatic carbocycles. The third-order valence-electron chi connectivity index (χ3n) is 5.64. The van der Waals surface area contributed by atoms with Gasteiger partial charge in [-0.3, -0.25) is 15.0 Å². The lowest BCUT2D eigenvalue weighted by atomic mass is 10.1. The summed E-state index contributed by atoms with van der Waals surface area (Å²) in [6.07, 6.45) is 1.54. The first-order valence-electron chi connectivity index (χ1n) is 10.4. The first-order valence-corrected chi connectivity index (χ1v) is 11.8. The summed E-state index contributed by atoms with van der Waals surface area (Å²) in [5, 5.41) is 10.8. The highest BCUT2D eigenvalue weighted by atomic mass is 32.2. The van der Waals surface area contributed by atoms with Crippen molar-refractivity contribution >= 4 is 21.4 Å². The number of nitrogens with one attached hydrogen (secondary N) is 1. The molecule has 0 spiro atoms. The predicted octanol–water partition coefficient (Wildman–Crippen LogP) is 3.17. The van der Waals surface area contributed by atoms with E-state index in [0.29, 0.717) is 31.9 Å². The van der Waals surface area contributed by atoms with E-state index in [0.717, 1.165) is 17.8 Å². The lowest BCUT2D eigenvalue weighted by molar-refractivity contribution is -0.384. The number of halogens is 1. The van der Waals surface area contributed by atoms with Gasteiger partial charge in [0.25, 0.3) is 5.69 Å². The molecule has 0 bridgehead atoms. The number of benzene rings is 2. The summed E-state index contributed by atoms with van der Waals surface area (Å²) in [6.45, 7) is 2.77. The standard InChI is InChI=1S/C22H23FN4O5S/c23-17-3-5-18(6-4-17)25-11-13-26(14-12-25)21(22-2-1-15-32-22)16-24-33(30,31)20-9-7-19(8-10-20)27(28)29/h1-10,15,21,24H,11-14,16H2. The molecule has 0 saturated carbocycles. The third-order valence-corrected chi connectivity index (χ3v) is 7.08. The van der Waals surface area contributed by atoms with E-state index in [-0.39, 0.29) is 29.0 Å². The number of nitrogens with zero attached hydrogens (tertiary/aromatic N) is 3. The molecule has 2 heterocycles. The lowest BCUT2D eigenvalue weighted by Crippen LogP contribution is -2.49. The molecule has 1 N–H and O–H groups in total. The van der Waals surface area contributed by atoms with Crippen LogP contribution in [0.4, 0.5) is 15.8 Å². The Kier molecular flexibility index (Phi) is 6.72. The van der Waals surface area contributed by atoms with Crippen LogP contribution >= 0.6 is 0 Å². The maximum atomic E-state index is 13.2. The molecule has 4 rings (SSSR count). The van der Waals surface area contributed by atoms with Gasteiger partial charge in [0.1, 0.15) is 11.6 Å². The van der Waals surface area contributed by atoms with Crippen LogP contribution in [-0.4, -0.2) is 51.0 Å². The minimum absolute atomic E-state index is 0.0487. The van der Waals surface area contributed by atoms with Crippen LogP contribution in [0, 0.1) is 15.9 Å². The quantitative estimate of drug-likeness (QED) is 0.395. The highest BCUT2D eigenvalue weighted by Crippen LogP contribution is 2.25. The van der Waals surface area contributed by atoms with E-state index in [1.807, 2.05) is 0 Å².